The van der Waals surface area contributed by atoms with Gasteiger partial charge in [-0.1, -0.05) is 0 Å². The number of imidazole rings is 1. The number of hydrogen-bond donors (Lipinski definition) is 1. The van der Waals surface area contributed by atoms with Crippen molar-refractivity contribution in [2.45, 2.75) is 57.0 Å². The molecule has 2 aliphatic rings. The van der Waals surface area contributed by atoms with Crippen molar-refractivity contribution in [1.29, 1.82) is 0 Å². The van der Waals surface area contributed by atoms with Gasteiger partial charge in [0.15, 0.2) is 0 Å². The number of hydrogen-bond acceptors (Lipinski definition) is 5. The monoisotopic (exact) mass is 390 g/mol. The summed E-state index contributed by atoms with van der Waals surface area (Å²) in [4.78, 5) is 27.2. The molecule has 28 heavy (non-hydrogen) atoms. The van der Waals surface area contributed by atoms with E-state index in [-0.39, 0.29) is 31.0 Å². The van der Waals surface area contributed by atoms with Crippen LogP contribution in [0.15, 0.2) is 24.8 Å². The highest BCUT2D eigenvalue weighted by atomic mass is 19.3. The molecule has 3 heterocycles. The number of nitrogens with zero attached hydrogens (tertiary/aromatic N) is 5. The fraction of sp³-hybridized carbons (Fsp3) is 0.579. The fourth-order valence-corrected chi connectivity index (χ4v) is 4.08. The zero-order valence-electron chi connectivity index (χ0n) is 15.8. The van der Waals surface area contributed by atoms with E-state index in [0.717, 1.165) is 25.7 Å². The Morgan fingerprint density at radius 2 is 2.04 bits per heavy atom. The van der Waals surface area contributed by atoms with Crippen molar-refractivity contribution in [2.24, 2.45) is 0 Å². The van der Waals surface area contributed by atoms with E-state index in [1.54, 1.807) is 29.4 Å². The molecule has 1 saturated heterocycles. The lowest BCUT2D eigenvalue weighted by molar-refractivity contribution is 0.00504. The molecular formula is C19H24F2N6O. The molecule has 9 heteroatoms. The summed E-state index contributed by atoms with van der Waals surface area (Å²) in [6.07, 6.45) is 8.11. The second-order valence-electron chi connectivity index (χ2n) is 7.72. The highest BCUT2D eigenvalue weighted by molar-refractivity contribution is 5.92. The molecule has 1 N–H and O–H groups in total. The van der Waals surface area contributed by atoms with Gasteiger partial charge in [-0.3, -0.25) is 14.3 Å². The van der Waals surface area contributed by atoms with Crippen LogP contribution in [0.3, 0.4) is 0 Å². The predicted molar refractivity (Wildman–Crippen MR) is 98.5 cm³/mol. The first kappa shape index (κ1) is 18.9. The predicted octanol–water partition coefficient (Wildman–Crippen LogP) is 2.35. The Hall–Kier alpha value is -2.42. The van der Waals surface area contributed by atoms with Crippen molar-refractivity contribution in [3.63, 3.8) is 0 Å². The van der Waals surface area contributed by atoms with Crippen molar-refractivity contribution in [3.05, 3.63) is 36.2 Å². The SMILES string of the molecule is Cc1cc(C(=O)NC2CCC(N3CCC(F)(F)C3)CC2)nc(-n2ccnc2)n1. The van der Waals surface area contributed by atoms with Crippen LogP contribution in [0.2, 0.25) is 0 Å². The molecule has 4 rings (SSSR count). The number of alkyl halides is 2. The molecule has 1 aliphatic carbocycles. The maximum atomic E-state index is 13.4. The minimum atomic E-state index is -2.55. The molecule has 0 atom stereocenters. The third-order valence-electron chi connectivity index (χ3n) is 5.56. The number of aryl methyl sites for hydroxylation is 1. The molecular weight excluding hydrogens is 366 g/mol. The van der Waals surface area contributed by atoms with Crippen LogP contribution in [-0.2, 0) is 0 Å². The third-order valence-corrected chi connectivity index (χ3v) is 5.56. The van der Waals surface area contributed by atoms with Crippen molar-refractivity contribution in [2.75, 3.05) is 13.1 Å². The minimum Gasteiger partial charge on any atom is -0.348 e. The lowest BCUT2D eigenvalue weighted by Gasteiger charge is -2.34. The van der Waals surface area contributed by atoms with Gasteiger partial charge in [-0.15, -0.1) is 0 Å². The summed E-state index contributed by atoms with van der Waals surface area (Å²) in [6.45, 7) is 2.15. The van der Waals surface area contributed by atoms with Crippen molar-refractivity contribution < 1.29 is 13.6 Å². The molecule has 2 aromatic heterocycles. The largest absolute Gasteiger partial charge is 0.348 e. The summed E-state index contributed by atoms with van der Waals surface area (Å²) in [5.41, 5.74) is 1.01. The molecule has 0 unspecified atom stereocenters. The van der Waals surface area contributed by atoms with Gasteiger partial charge >= 0.3 is 0 Å². The topological polar surface area (TPSA) is 75.9 Å². The van der Waals surface area contributed by atoms with Gasteiger partial charge < -0.3 is 5.32 Å². The average molecular weight is 390 g/mol. The molecule has 1 amide bonds. The Labute approximate surface area is 162 Å². The lowest BCUT2D eigenvalue weighted by atomic mass is 9.90. The summed E-state index contributed by atoms with van der Waals surface area (Å²) < 4.78 is 28.5. The van der Waals surface area contributed by atoms with Crippen LogP contribution in [0.25, 0.3) is 5.95 Å². The van der Waals surface area contributed by atoms with E-state index in [1.165, 1.54) is 0 Å². The maximum absolute atomic E-state index is 13.4. The second-order valence-corrected chi connectivity index (χ2v) is 7.72. The number of carbonyl (C=O) groups is 1. The highest BCUT2D eigenvalue weighted by Crippen LogP contribution is 2.32. The molecule has 2 fully saturated rings. The quantitative estimate of drug-likeness (QED) is 0.867. The van der Waals surface area contributed by atoms with E-state index in [2.05, 4.69) is 20.3 Å². The molecule has 1 saturated carbocycles. The Balaban J connectivity index is 1.35. The van der Waals surface area contributed by atoms with Gasteiger partial charge in [-0.25, -0.2) is 23.7 Å². The van der Waals surface area contributed by atoms with Gasteiger partial charge in [0, 0.05) is 43.1 Å². The Morgan fingerprint density at radius 3 is 2.68 bits per heavy atom. The first-order chi connectivity index (χ1) is 13.4. The summed E-state index contributed by atoms with van der Waals surface area (Å²) in [5, 5.41) is 3.04. The van der Waals surface area contributed by atoms with Gasteiger partial charge in [0.1, 0.15) is 12.0 Å². The number of rotatable bonds is 4. The first-order valence-corrected chi connectivity index (χ1v) is 9.66. The van der Waals surface area contributed by atoms with Crippen molar-refractivity contribution in [3.8, 4) is 5.95 Å². The van der Waals surface area contributed by atoms with Gasteiger partial charge in [0.2, 0.25) is 5.95 Å². The van der Waals surface area contributed by atoms with Gasteiger partial charge in [-0.05, 0) is 38.7 Å². The molecule has 0 spiro atoms. The second kappa shape index (κ2) is 7.54. The molecule has 150 valence electrons. The van der Waals surface area contributed by atoms with Crippen LogP contribution >= 0.6 is 0 Å². The molecule has 0 bridgehead atoms. The first-order valence-electron chi connectivity index (χ1n) is 9.66. The molecule has 7 nitrogen and oxygen atoms in total. The smallest absolute Gasteiger partial charge is 0.270 e. The zero-order chi connectivity index (χ0) is 19.7. The van der Waals surface area contributed by atoms with E-state index in [1.807, 2.05) is 11.8 Å². The Morgan fingerprint density at radius 1 is 1.25 bits per heavy atom. The summed E-state index contributed by atoms with van der Waals surface area (Å²) in [7, 11) is 0. The Bertz CT molecular complexity index is 833. The maximum Gasteiger partial charge on any atom is 0.270 e. The van der Waals surface area contributed by atoms with E-state index in [9.17, 15) is 13.6 Å². The van der Waals surface area contributed by atoms with Crippen LogP contribution in [0, 0.1) is 6.92 Å². The number of carbonyl (C=O) groups excluding carboxylic acids is 1. The van der Waals surface area contributed by atoms with Crippen LogP contribution in [0.4, 0.5) is 8.78 Å². The van der Waals surface area contributed by atoms with Crippen LogP contribution in [-0.4, -0.2) is 61.4 Å². The van der Waals surface area contributed by atoms with Gasteiger partial charge in [0.05, 0.1) is 6.54 Å². The van der Waals surface area contributed by atoms with E-state index in [0.29, 0.717) is 23.9 Å². The Kier molecular flexibility index (Phi) is 5.09. The fourth-order valence-electron chi connectivity index (χ4n) is 4.08. The van der Waals surface area contributed by atoms with Gasteiger partial charge in [0.25, 0.3) is 11.8 Å². The molecule has 1 aliphatic heterocycles. The molecule has 0 aromatic carbocycles. The summed E-state index contributed by atoms with van der Waals surface area (Å²) >= 11 is 0. The zero-order valence-corrected chi connectivity index (χ0v) is 15.8. The van der Waals surface area contributed by atoms with E-state index in [4.69, 9.17) is 0 Å². The van der Waals surface area contributed by atoms with E-state index >= 15 is 0 Å². The highest BCUT2D eigenvalue weighted by Gasteiger charge is 2.41. The number of nitrogens with one attached hydrogen (secondary N) is 1. The molecule has 0 radical (unpaired) electrons. The van der Waals surface area contributed by atoms with Crippen LogP contribution in [0.1, 0.15) is 48.3 Å². The standard InChI is InChI=1S/C19H24F2N6O/c1-13-10-16(25-18(23-13)27-9-7-22-12-27)17(28)24-14-2-4-15(5-3-14)26-8-6-19(20,21)11-26/h7,9-10,12,14-15H,2-6,8,11H2,1H3,(H,24,28). The van der Waals surface area contributed by atoms with Crippen LogP contribution in [0.5, 0.6) is 0 Å². The number of amides is 1. The summed E-state index contributed by atoms with van der Waals surface area (Å²) in [5.74, 6) is -2.38. The normalized spacial score (nSPS) is 25.0. The van der Waals surface area contributed by atoms with Crippen LogP contribution < -0.4 is 5.32 Å². The average Bonchev–Trinajstić information content (AvgIpc) is 3.31. The van der Waals surface area contributed by atoms with Gasteiger partial charge in [-0.2, -0.15) is 0 Å². The van der Waals surface area contributed by atoms with Crippen molar-refractivity contribution in [1.82, 2.24) is 29.7 Å². The number of aromatic nitrogens is 4. The third kappa shape index (κ3) is 4.19. The molecule has 2 aromatic rings. The lowest BCUT2D eigenvalue weighted by Crippen LogP contribution is -2.44. The minimum absolute atomic E-state index is 0.0406. The van der Waals surface area contributed by atoms with E-state index < -0.39 is 5.92 Å². The summed E-state index contributed by atoms with van der Waals surface area (Å²) in [6, 6.07) is 1.89. The van der Waals surface area contributed by atoms with Crippen molar-refractivity contribution >= 4 is 5.91 Å². The number of likely N-dealkylation sites (tertiary alicyclic amines) is 1. The number of halogens is 2.